The lowest BCUT2D eigenvalue weighted by atomic mass is 9.79. The Hall–Kier alpha value is -0.820. The number of carbonyl (C=O) groups is 1. The molecule has 2 amide bonds. The van der Waals surface area contributed by atoms with Gasteiger partial charge >= 0.3 is 6.03 Å². The Bertz CT molecular complexity index is 521. The molecule has 23 heavy (non-hydrogen) atoms. The van der Waals surface area contributed by atoms with Crippen LogP contribution in [0.2, 0.25) is 0 Å². The van der Waals surface area contributed by atoms with Crippen molar-refractivity contribution in [2.75, 3.05) is 25.9 Å². The van der Waals surface area contributed by atoms with Crippen LogP contribution >= 0.6 is 0 Å². The van der Waals surface area contributed by atoms with Gasteiger partial charge in [-0.3, -0.25) is 0 Å². The molecule has 2 rings (SSSR count). The Morgan fingerprint density at radius 1 is 1.30 bits per heavy atom. The maximum Gasteiger partial charge on any atom is 0.317 e. The highest BCUT2D eigenvalue weighted by molar-refractivity contribution is 7.91. The highest BCUT2D eigenvalue weighted by atomic mass is 32.2. The molecule has 0 radical (unpaired) electrons. The number of hydrogen-bond donors (Lipinski definition) is 1. The highest BCUT2D eigenvalue weighted by Crippen LogP contribution is 2.34. The Balaban J connectivity index is 1.60. The van der Waals surface area contributed by atoms with E-state index in [4.69, 9.17) is 4.74 Å². The fourth-order valence-electron chi connectivity index (χ4n) is 3.26. The first-order valence-corrected chi connectivity index (χ1v) is 10.4. The molecule has 1 heterocycles. The number of hydrogen-bond acceptors (Lipinski definition) is 4. The van der Waals surface area contributed by atoms with E-state index in [-0.39, 0.29) is 11.6 Å². The van der Waals surface area contributed by atoms with Crippen LogP contribution in [-0.2, 0) is 14.6 Å². The van der Waals surface area contributed by atoms with Gasteiger partial charge in [-0.05, 0) is 52.4 Å². The summed E-state index contributed by atoms with van der Waals surface area (Å²) in [6, 6.07) is -0.141. The normalized spacial score (nSPS) is 28.5. The second kappa shape index (κ2) is 6.97. The number of sulfone groups is 1. The van der Waals surface area contributed by atoms with Crippen molar-refractivity contribution in [1.82, 2.24) is 10.2 Å². The van der Waals surface area contributed by atoms with Crippen LogP contribution in [0, 0.1) is 5.92 Å². The monoisotopic (exact) mass is 346 g/mol. The van der Waals surface area contributed by atoms with Crippen LogP contribution in [0.1, 0.15) is 46.5 Å². The van der Waals surface area contributed by atoms with Crippen molar-refractivity contribution in [3.05, 3.63) is 0 Å². The molecule has 1 saturated heterocycles. The minimum Gasteiger partial charge on any atom is -0.373 e. The van der Waals surface area contributed by atoms with Crippen LogP contribution < -0.4 is 5.32 Å². The van der Waals surface area contributed by atoms with E-state index >= 15 is 0 Å². The van der Waals surface area contributed by atoms with Crippen molar-refractivity contribution >= 4 is 15.9 Å². The van der Waals surface area contributed by atoms with Crippen molar-refractivity contribution in [1.29, 1.82) is 0 Å². The summed E-state index contributed by atoms with van der Waals surface area (Å²) < 4.78 is 28.9. The van der Waals surface area contributed by atoms with E-state index in [1.54, 1.807) is 4.90 Å². The number of urea groups is 1. The maximum absolute atomic E-state index is 12.1. The first-order chi connectivity index (χ1) is 10.5. The van der Waals surface area contributed by atoms with Crippen LogP contribution in [0.3, 0.4) is 0 Å². The molecule has 0 aromatic heterocycles. The van der Waals surface area contributed by atoms with Crippen molar-refractivity contribution in [3.8, 4) is 0 Å². The predicted octanol–water partition coefficient (Wildman–Crippen LogP) is 1.80. The first kappa shape index (κ1) is 18.5. The van der Waals surface area contributed by atoms with Crippen molar-refractivity contribution in [2.45, 2.75) is 63.4 Å². The number of rotatable bonds is 5. The number of amides is 2. The van der Waals surface area contributed by atoms with Gasteiger partial charge in [0, 0.05) is 25.9 Å². The lowest BCUT2D eigenvalue weighted by molar-refractivity contribution is -0.112. The van der Waals surface area contributed by atoms with E-state index in [2.05, 4.69) is 26.1 Å². The van der Waals surface area contributed by atoms with Gasteiger partial charge in [-0.1, -0.05) is 0 Å². The second-order valence-corrected chi connectivity index (χ2v) is 10.2. The quantitative estimate of drug-likeness (QED) is 0.823. The zero-order valence-corrected chi connectivity index (χ0v) is 15.5. The van der Waals surface area contributed by atoms with E-state index in [0.717, 1.165) is 19.3 Å². The average molecular weight is 346 g/mol. The fraction of sp³-hybridized carbons (Fsp3) is 0.938. The van der Waals surface area contributed by atoms with E-state index in [0.29, 0.717) is 38.1 Å². The Kier molecular flexibility index (Phi) is 5.61. The SMILES string of the molecule is CC(C)(C)OC1CC(CCNC(=O)N2CC[C@H](S(C)(=O)=O)C2)C1. The second-order valence-electron chi connectivity index (χ2n) is 7.90. The summed E-state index contributed by atoms with van der Waals surface area (Å²) in [6.45, 7) is 7.69. The summed E-state index contributed by atoms with van der Waals surface area (Å²) in [5, 5.41) is 2.50. The molecule has 2 fully saturated rings. The Morgan fingerprint density at radius 3 is 2.48 bits per heavy atom. The number of nitrogens with zero attached hydrogens (tertiary/aromatic N) is 1. The fourth-order valence-corrected chi connectivity index (χ4v) is 4.25. The van der Waals surface area contributed by atoms with Gasteiger partial charge in [0.25, 0.3) is 0 Å². The van der Waals surface area contributed by atoms with E-state index in [9.17, 15) is 13.2 Å². The number of ether oxygens (including phenoxy) is 1. The first-order valence-electron chi connectivity index (χ1n) is 8.44. The molecule has 1 aliphatic heterocycles. The molecule has 0 aromatic carbocycles. The molecule has 6 nitrogen and oxygen atoms in total. The minimum atomic E-state index is -3.05. The number of nitrogens with one attached hydrogen (secondary N) is 1. The number of likely N-dealkylation sites (tertiary alicyclic amines) is 1. The van der Waals surface area contributed by atoms with Crippen LogP contribution in [-0.4, -0.2) is 62.2 Å². The molecular formula is C16H30N2O4S. The smallest absolute Gasteiger partial charge is 0.317 e. The van der Waals surface area contributed by atoms with Crippen molar-refractivity contribution in [3.63, 3.8) is 0 Å². The molecule has 1 aliphatic carbocycles. The van der Waals surface area contributed by atoms with Gasteiger partial charge in [-0.2, -0.15) is 0 Å². The van der Waals surface area contributed by atoms with Crippen LogP contribution in [0.5, 0.6) is 0 Å². The van der Waals surface area contributed by atoms with E-state index < -0.39 is 15.1 Å². The number of carbonyl (C=O) groups excluding carboxylic acids is 1. The summed E-state index contributed by atoms with van der Waals surface area (Å²) >= 11 is 0. The molecule has 134 valence electrons. The topological polar surface area (TPSA) is 75.7 Å². The van der Waals surface area contributed by atoms with Gasteiger partial charge in [0.05, 0.1) is 17.0 Å². The maximum atomic E-state index is 12.1. The lowest BCUT2D eigenvalue weighted by Crippen LogP contribution is -2.42. The molecule has 1 saturated carbocycles. The molecule has 0 bridgehead atoms. The van der Waals surface area contributed by atoms with Crippen LogP contribution in [0.4, 0.5) is 4.79 Å². The average Bonchev–Trinajstić information content (AvgIpc) is 2.83. The van der Waals surface area contributed by atoms with Crippen molar-refractivity contribution in [2.24, 2.45) is 5.92 Å². The summed E-state index contributed by atoms with van der Waals surface area (Å²) in [5.41, 5.74) is -0.0875. The van der Waals surface area contributed by atoms with Gasteiger partial charge in [-0.25, -0.2) is 13.2 Å². The van der Waals surface area contributed by atoms with Gasteiger partial charge in [-0.15, -0.1) is 0 Å². The van der Waals surface area contributed by atoms with Gasteiger partial charge < -0.3 is 15.0 Å². The third-order valence-electron chi connectivity index (χ3n) is 4.58. The summed E-state index contributed by atoms with van der Waals surface area (Å²) in [4.78, 5) is 13.7. The third-order valence-corrected chi connectivity index (χ3v) is 6.17. The largest absolute Gasteiger partial charge is 0.373 e. The molecule has 0 unspecified atom stereocenters. The zero-order valence-electron chi connectivity index (χ0n) is 14.7. The van der Waals surface area contributed by atoms with Crippen LogP contribution in [0.25, 0.3) is 0 Å². The highest BCUT2D eigenvalue weighted by Gasteiger charge is 2.34. The summed E-state index contributed by atoms with van der Waals surface area (Å²) in [5.74, 6) is 0.616. The zero-order chi connectivity index (χ0) is 17.3. The summed E-state index contributed by atoms with van der Waals surface area (Å²) in [6.07, 6.45) is 5.22. The standard InChI is InChI=1S/C16H30N2O4S/c1-16(2,3)22-13-9-12(10-13)5-7-17-15(19)18-8-6-14(11-18)23(4,20)21/h12-14H,5-11H2,1-4H3,(H,17,19)/t12?,13?,14-/m0/s1. The minimum absolute atomic E-state index is 0.0875. The van der Waals surface area contributed by atoms with E-state index in [1.807, 2.05) is 0 Å². The molecule has 1 atom stereocenters. The molecule has 7 heteroatoms. The molecule has 0 spiro atoms. The predicted molar refractivity (Wildman–Crippen MR) is 90.2 cm³/mol. The van der Waals surface area contributed by atoms with Crippen molar-refractivity contribution < 1.29 is 17.9 Å². The van der Waals surface area contributed by atoms with Gasteiger partial charge in [0.2, 0.25) is 0 Å². The Morgan fingerprint density at radius 2 is 1.96 bits per heavy atom. The van der Waals surface area contributed by atoms with Gasteiger partial charge in [0.1, 0.15) is 0 Å². The van der Waals surface area contributed by atoms with E-state index in [1.165, 1.54) is 6.26 Å². The lowest BCUT2D eigenvalue weighted by Gasteiger charge is -2.39. The van der Waals surface area contributed by atoms with Crippen LogP contribution in [0.15, 0.2) is 0 Å². The molecule has 0 aromatic rings. The van der Waals surface area contributed by atoms with Gasteiger partial charge in [0.15, 0.2) is 9.84 Å². The summed E-state index contributed by atoms with van der Waals surface area (Å²) in [7, 11) is -3.05. The molecule has 2 aliphatic rings. The third kappa shape index (κ3) is 5.64. The molecule has 1 N–H and O–H groups in total. The Labute approximate surface area is 139 Å². The molecular weight excluding hydrogens is 316 g/mol.